The molecule has 0 atom stereocenters. The maximum absolute atomic E-state index is 12.0. The van der Waals surface area contributed by atoms with E-state index in [1.165, 1.54) is 0 Å². The van der Waals surface area contributed by atoms with Crippen LogP contribution in [0.15, 0.2) is 24.3 Å². The van der Waals surface area contributed by atoms with Gasteiger partial charge in [0.15, 0.2) is 0 Å². The number of aliphatic carboxylic acids is 1. The van der Waals surface area contributed by atoms with Crippen molar-refractivity contribution >= 4 is 23.6 Å². The predicted molar refractivity (Wildman–Crippen MR) is 82.3 cm³/mol. The summed E-state index contributed by atoms with van der Waals surface area (Å²) in [6, 6.07) is 5.87. The largest absolute Gasteiger partial charge is 0.478 e. The first-order valence-electron chi connectivity index (χ1n) is 6.98. The van der Waals surface area contributed by atoms with E-state index in [1.807, 2.05) is 37.1 Å². The molecule has 1 saturated heterocycles. The van der Waals surface area contributed by atoms with E-state index in [-0.39, 0.29) is 5.91 Å². The number of hydrogen-bond donors (Lipinski definition) is 1. The van der Waals surface area contributed by atoms with Gasteiger partial charge in [-0.05, 0) is 37.1 Å². The molecule has 5 nitrogen and oxygen atoms in total. The molecule has 0 spiro atoms. The van der Waals surface area contributed by atoms with Crippen molar-refractivity contribution in [3.63, 3.8) is 0 Å². The zero-order valence-electron chi connectivity index (χ0n) is 12.4. The number of nitrogens with zero attached hydrogens (tertiary/aromatic N) is 2. The third-order valence-corrected chi connectivity index (χ3v) is 3.60. The van der Waals surface area contributed by atoms with Gasteiger partial charge in [-0.15, -0.1) is 0 Å². The van der Waals surface area contributed by atoms with E-state index < -0.39 is 5.97 Å². The monoisotopic (exact) mass is 288 g/mol. The molecule has 0 unspecified atom stereocenters. The summed E-state index contributed by atoms with van der Waals surface area (Å²) in [6.45, 7) is 3.82. The molecule has 1 aromatic carbocycles. The number of carbonyl (C=O) groups is 2. The van der Waals surface area contributed by atoms with Gasteiger partial charge in [-0.3, -0.25) is 4.79 Å². The van der Waals surface area contributed by atoms with Crippen LogP contribution >= 0.6 is 0 Å². The Morgan fingerprint density at radius 3 is 2.81 bits per heavy atom. The number of anilines is 1. The number of likely N-dealkylation sites (N-methyl/N-ethyl adjacent to an activating group) is 1. The molecule has 5 heteroatoms. The quantitative estimate of drug-likeness (QED) is 0.861. The summed E-state index contributed by atoms with van der Waals surface area (Å²) < 4.78 is 0. The first-order valence-corrected chi connectivity index (χ1v) is 6.98. The molecule has 2 rings (SSSR count). The van der Waals surface area contributed by atoms with Crippen molar-refractivity contribution in [3.05, 3.63) is 35.4 Å². The van der Waals surface area contributed by atoms with E-state index in [0.717, 1.165) is 42.4 Å². The molecule has 1 aliphatic heterocycles. The number of carbonyl (C=O) groups excluding carboxylic acids is 1. The third-order valence-electron chi connectivity index (χ3n) is 3.60. The van der Waals surface area contributed by atoms with Gasteiger partial charge in [-0.25, -0.2) is 4.79 Å². The van der Waals surface area contributed by atoms with Crippen LogP contribution in [0, 0.1) is 6.92 Å². The summed E-state index contributed by atoms with van der Waals surface area (Å²) in [4.78, 5) is 26.5. The van der Waals surface area contributed by atoms with Crippen molar-refractivity contribution in [2.45, 2.75) is 13.3 Å². The molecule has 1 fully saturated rings. The highest BCUT2D eigenvalue weighted by Crippen LogP contribution is 2.24. The molecule has 1 amide bonds. The van der Waals surface area contributed by atoms with Crippen LogP contribution in [-0.4, -0.2) is 48.6 Å². The Balaban J connectivity index is 2.33. The number of amides is 1. The van der Waals surface area contributed by atoms with E-state index in [2.05, 4.69) is 0 Å². The van der Waals surface area contributed by atoms with Crippen molar-refractivity contribution < 1.29 is 14.7 Å². The molecule has 1 N–H and O–H groups in total. The number of carboxylic acids is 1. The Morgan fingerprint density at radius 1 is 1.33 bits per heavy atom. The lowest BCUT2D eigenvalue weighted by Gasteiger charge is -2.24. The van der Waals surface area contributed by atoms with Gasteiger partial charge in [-0.1, -0.05) is 11.6 Å². The van der Waals surface area contributed by atoms with Crippen molar-refractivity contribution in [2.75, 3.05) is 31.6 Å². The summed E-state index contributed by atoms with van der Waals surface area (Å²) in [5.41, 5.74) is 2.79. The average Bonchev–Trinajstić information content (AvgIpc) is 2.59. The van der Waals surface area contributed by atoms with Gasteiger partial charge < -0.3 is 14.9 Å². The van der Waals surface area contributed by atoms with Crippen LogP contribution in [0.5, 0.6) is 0 Å². The number of carboxylic acid groups (broad SMARTS) is 1. The zero-order valence-corrected chi connectivity index (χ0v) is 12.4. The number of hydrogen-bond acceptors (Lipinski definition) is 3. The van der Waals surface area contributed by atoms with Crippen LogP contribution in [0.2, 0.25) is 0 Å². The fourth-order valence-electron chi connectivity index (χ4n) is 2.45. The van der Waals surface area contributed by atoms with Crippen LogP contribution in [-0.2, 0) is 9.59 Å². The van der Waals surface area contributed by atoms with Gasteiger partial charge in [0.2, 0.25) is 5.91 Å². The number of benzene rings is 1. The highest BCUT2D eigenvalue weighted by molar-refractivity contribution is 5.88. The Hall–Kier alpha value is -2.30. The maximum atomic E-state index is 12.0. The molecule has 1 heterocycles. The van der Waals surface area contributed by atoms with Gasteiger partial charge in [-0.2, -0.15) is 0 Å². The Morgan fingerprint density at radius 2 is 2.10 bits per heavy atom. The molecule has 1 aliphatic rings. The second-order valence-corrected chi connectivity index (χ2v) is 5.32. The van der Waals surface area contributed by atoms with Gasteiger partial charge in [0, 0.05) is 31.9 Å². The maximum Gasteiger partial charge on any atom is 0.328 e. The van der Waals surface area contributed by atoms with E-state index in [1.54, 1.807) is 11.0 Å². The molecule has 21 heavy (non-hydrogen) atoms. The van der Waals surface area contributed by atoms with Crippen LogP contribution in [0.1, 0.15) is 17.5 Å². The Labute approximate surface area is 124 Å². The van der Waals surface area contributed by atoms with Gasteiger partial charge >= 0.3 is 5.97 Å². The van der Waals surface area contributed by atoms with Gasteiger partial charge in [0.25, 0.3) is 0 Å². The minimum absolute atomic E-state index is 0.0845. The van der Waals surface area contributed by atoms with Gasteiger partial charge in [0.05, 0.1) is 6.54 Å². The summed E-state index contributed by atoms with van der Waals surface area (Å²) in [5, 5.41) is 8.81. The topological polar surface area (TPSA) is 60.9 Å². The molecule has 0 radical (unpaired) electrons. The summed E-state index contributed by atoms with van der Waals surface area (Å²) >= 11 is 0. The number of aryl methyl sites for hydroxylation is 1. The second-order valence-electron chi connectivity index (χ2n) is 5.32. The Bertz CT molecular complexity index is 581. The summed E-state index contributed by atoms with van der Waals surface area (Å²) in [6.07, 6.45) is 3.62. The zero-order chi connectivity index (χ0) is 15.4. The number of rotatable bonds is 3. The molecular formula is C16H20N2O3. The molecule has 0 aromatic heterocycles. The molecular weight excluding hydrogens is 268 g/mol. The fraction of sp³-hybridized carbons (Fsp3) is 0.375. The summed E-state index contributed by atoms with van der Waals surface area (Å²) in [5.74, 6) is -0.893. The molecule has 112 valence electrons. The second kappa shape index (κ2) is 6.43. The standard InChI is InChI=1S/C16H20N2O3/c1-12-4-6-14(13(10-12)5-7-16(20)21)18-9-3-8-17(2)15(19)11-18/h4-7,10H,3,8-9,11H2,1-2H3,(H,20,21)/b7-5+. The lowest BCUT2D eigenvalue weighted by atomic mass is 10.1. The average molecular weight is 288 g/mol. The first-order chi connectivity index (χ1) is 9.97. The van der Waals surface area contributed by atoms with Gasteiger partial charge in [0.1, 0.15) is 0 Å². The van der Waals surface area contributed by atoms with Crippen molar-refractivity contribution in [1.82, 2.24) is 4.90 Å². The van der Waals surface area contributed by atoms with Crippen LogP contribution < -0.4 is 4.90 Å². The van der Waals surface area contributed by atoms with Crippen molar-refractivity contribution in [2.24, 2.45) is 0 Å². The Kier molecular flexibility index (Phi) is 4.62. The smallest absolute Gasteiger partial charge is 0.328 e. The molecule has 0 bridgehead atoms. The third kappa shape index (κ3) is 3.84. The summed E-state index contributed by atoms with van der Waals surface area (Å²) in [7, 11) is 1.81. The van der Waals surface area contributed by atoms with E-state index in [0.29, 0.717) is 6.54 Å². The van der Waals surface area contributed by atoms with Crippen molar-refractivity contribution in [3.8, 4) is 0 Å². The lowest BCUT2D eigenvalue weighted by Crippen LogP contribution is -2.34. The predicted octanol–water partition coefficient (Wildman–Crippen LogP) is 1.76. The van der Waals surface area contributed by atoms with Crippen molar-refractivity contribution in [1.29, 1.82) is 0 Å². The first kappa shape index (κ1) is 15.1. The fourth-order valence-corrected chi connectivity index (χ4v) is 2.45. The normalized spacial score (nSPS) is 16.4. The van der Waals surface area contributed by atoms with E-state index in [9.17, 15) is 9.59 Å². The highest BCUT2D eigenvalue weighted by Gasteiger charge is 2.20. The highest BCUT2D eigenvalue weighted by atomic mass is 16.4. The molecule has 0 saturated carbocycles. The molecule has 1 aromatic rings. The SMILES string of the molecule is Cc1ccc(N2CCCN(C)C(=O)C2)c(/C=C/C(=O)O)c1. The van der Waals surface area contributed by atoms with Crippen LogP contribution in [0.25, 0.3) is 6.08 Å². The minimum atomic E-state index is -0.978. The minimum Gasteiger partial charge on any atom is -0.478 e. The van der Waals surface area contributed by atoms with E-state index in [4.69, 9.17) is 5.11 Å². The van der Waals surface area contributed by atoms with Crippen LogP contribution in [0.3, 0.4) is 0 Å². The molecule has 0 aliphatic carbocycles. The lowest BCUT2D eigenvalue weighted by molar-refractivity contribution is -0.131. The van der Waals surface area contributed by atoms with Crippen LogP contribution in [0.4, 0.5) is 5.69 Å². The van der Waals surface area contributed by atoms with E-state index >= 15 is 0 Å².